The van der Waals surface area contributed by atoms with Crippen molar-refractivity contribution in [1.82, 2.24) is 0 Å². The van der Waals surface area contributed by atoms with E-state index in [-0.39, 0.29) is 13.2 Å². The van der Waals surface area contributed by atoms with Crippen molar-refractivity contribution in [2.24, 2.45) is 0 Å². The molecule has 112 valence electrons. The molecule has 0 amide bonds. The normalized spacial score (nSPS) is 10.2. The fourth-order valence-corrected chi connectivity index (χ4v) is 1.84. The van der Waals surface area contributed by atoms with Gasteiger partial charge in [-0.3, -0.25) is 0 Å². The van der Waals surface area contributed by atoms with Crippen LogP contribution in [-0.4, -0.2) is 25.4 Å². The number of aliphatic hydroxyl groups is 1. The molecule has 0 aliphatic carbocycles. The minimum Gasteiger partial charge on any atom is -0.493 e. The Kier molecular flexibility index (Phi) is 5.40. The molecule has 0 fully saturated rings. The Morgan fingerprint density at radius 2 is 1.71 bits per heavy atom. The van der Waals surface area contributed by atoms with Gasteiger partial charge in [-0.25, -0.2) is 4.39 Å². The highest BCUT2D eigenvalue weighted by Gasteiger charge is 2.04. The van der Waals surface area contributed by atoms with Crippen LogP contribution in [0.5, 0.6) is 17.2 Å². The van der Waals surface area contributed by atoms with E-state index in [0.29, 0.717) is 29.4 Å². The van der Waals surface area contributed by atoms with Gasteiger partial charge in [0, 0.05) is 6.07 Å². The van der Waals surface area contributed by atoms with Gasteiger partial charge in [0.2, 0.25) is 0 Å². The van der Waals surface area contributed by atoms with Crippen molar-refractivity contribution in [3.05, 3.63) is 53.8 Å². The highest BCUT2D eigenvalue weighted by Crippen LogP contribution is 2.25. The lowest BCUT2D eigenvalue weighted by molar-refractivity contribution is 0.210. The lowest BCUT2D eigenvalue weighted by Crippen LogP contribution is -2.09. The van der Waals surface area contributed by atoms with Gasteiger partial charge in [0.25, 0.3) is 0 Å². The van der Waals surface area contributed by atoms with Gasteiger partial charge in [-0.05, 0) is 29.8 Å². The summed E-state index contributed by atoms with van der Waals surface area (Å²) in [5, 5.41) is 9.00. The predicted octanol–water partition coefficient (Wildman–Crippen LogP) is 2.78. The zero-order chi connectivity index (χ0) is 15.1. The van der Waals surface area contributed by atoms with Crippen LogP contribution in [0.4, 0.5) is 4.39 Å². The van der Waals surface area contributed by atoms with E-state index in [1.54, 1.807) is 25.3 Å². The lowest BCUT2D eigenvalue weighted by Gasteiger charge is -2.11. The summed E-state index contributed by atoms with van der Waals surface area (Å²) < 4.78 is 29.4. The first-order valence-corrected chi connectivity index (χ1v) is 6.52. The minimum absolute atomic E-state index is 0.230. The van der Waals surface area contributed by atoms with E-state index in [1.165, 1.54) is 12.1 Å². The molecule has 0 unspecified atom stereocenters. The van der Waals surface area contributed by atoms with Gasteiger partial charge in [-0.15, -0.1) is 0 Å². The Labute approximate surface area is 122 Å². The van der Waals surface area contributed by atoms with Gasteiger partial charge in [-0.2, -0.15) is 0 Å². The quantitative estimate of drug-likeness (QED) is 0.797. The van der Waals surface area contributed by atoms with Crippen LogP contribution in [0, 0.1) is 5.82 Å². The molecule has 0 aromatic heterocycles. The average molecular weight is 292 g/mol. The third-order valence-electron chi connectivity index (χ3n) is 2.79. The Hall–Kier alpha value is -2.27. The number of aliphatic hydroxyl groups excluding tert-OH is 1. The molecular formula is C16H17FO4. The molecule has 0 saturated carbocycles. The smallest absolute Gasteiger partial charge is 0.161 e. The SMILES string of the molecule is COc1ccccc1OCCOc1cc(F)cc(CO)c1. The second-order valence-corrected chi connectivity index (χ2v) is 4.30. The van der Waals surface area contributed by atoms with Crippen LogP contribution < -0.4 is 14.2 Å². The van der Waals surface area contributed by atoms with Crippen molar-refractivity contribution in [1.29, 1.82) is 0 Å². The number of benzene rings is 2. The summed E-state index contributed by atoms with van der Waals surface area (Å²) in [5.41, 5.74) is 0.468. The summed E-state index contributed by atoms with van der Waals surface area (Å²) in [4.78, 5) is 0. The van der Waals surface area contributed by atoms with Crippen LogP contribution >= 0.6 is 0 Å². The molecule has 1 N–H and O–H groups in total. The van der Waals surface area contributed by atoms with Gasteiger partial charge in [0.15, 0.2) is 11.5 Å². The summed E-state index contributed by atoms with van der Waals surface area (Å²) in [6, 6.07) is 11.4. The molecular weight excluding hydrogens is 275 g/mol. The second kappa shape index (κ2) is 7.50. The van der Waals surface area contributed by atoms with Gasteiger partial charge in [0.05, 0.1) is 13.7 Å². The maximum Gasteiger partial charge on any atom is 0.161 e. The third kappa shape index (κ3) is 4.36. The lowest BCUT2D eigenvalue weighted by atomic mass is 10.2. The van der Waals surface area contributed by atoms with Crippen molar-refractivity contribution in [2.45, 2.75) is 6.61 Å². The Balaban J connectivity index is 1.86. The zero-order valence-corrected chi connectivity index (χ0v) is 11.7. The standard InChI is InChI=1S/C16H17FO4/c1-19-15-4-2-3-5-16(15)21-7-6-20-14-9-12(11-18)8-13(17)10-14/h2-5,8-10,18H,6-7,11H2,1H3. The molecule has 0 spiro atoms. The van der Waals surface area contributed by atoms with Crippen molar-refractivity contribution in [3.8, 4) is 17.2 Å². The van der Waals surface area contributed by atoms with Crippen molar-refractivity contribution in [2.75, 3.05) is 20.3 Å². The molecule has 2 aromatic rings. The van der Waals surface area contributed by atoms with Crippen LogP contribution in [0.1, 0.15) is 5.56 Å². The molecule has 0 heterocycles. The van der Waals surface area contributed by atoms with Gasteiger partial charge in [-0.1, -0.05) is 12.1 Å². The number of hydrogen-bond donors (Lipinski definition) is 1. The Bertz CT molecular complexity index is 586. The number of ether oxygens (including phenoxy) is 3. The van der Waals surface area contributed by atoms with E-state index in [2.05, 4.69) is 0 Å². The largest absolute Gasteiger partial charge is 0.493 e. The molecule has 0 aliphatic heterocycles. The fraction of sp³-hybridized carbons (Fsp3) is 0.250. The summed E-state index contributed by atoms with van der Waals surface area (Å²) in [6.45, 7) is 0.323. The predicted molar refractivity (Wildman–Crippen MR) is 76.3 cm³/mol. The highest BCUT2D eigenvalue weighted by molar-refractivity contribution is 5.39. The van der Waals surface area contributed by atoms with Crippen LogP contribution in [0.3, 0.4) is 0 Å². The summed E-state index contributed by atoms with van der Waals surface area (Å²) in [6.07, 6.45) is 0. The highest BCUT2D eigenvalue weighted by atomic mass is 19.1. The van der Waals surface area contributed by atoms with Crippen molar-refractivity contribution < 1.29 is 23.7 Å². The Morgan fingerprint density at radius 3 is 2.43 bits per heavy atom. The maximum atomic E-state index is 13.2. The molecule has 21 heavy (non-hydrogen) atoms. The van der Waals surface area contributed by atoms with Gasteiger partial charge in [0.1, 0.15) is 24.8 Å². The van der Waals surface area contributed by atoms with E-state index >= 15 is 0 Å². The van der Waals surface area contributed by atoms with Crippen LogP contribution in [0.15, 0.2) is 42.5 Å². The monoisotopic (exact) mass is 292 g/mol. The van der Waals surface area contributed by atoms with Crippen LogP contribution in [-0.2, 0) is 6.61 Å². The molecule has 0 saturated heterocycles. The van der Waals surface area contributed by atoms with Crippen molar-refractivity contribution >= 4 is 0 Å². The van der Waals surface area contributed by atoms with Gasteiger partial charge < -0.3 is 19.3 Å². The average Bonchev–Trinajstić information content (AvgIpc) is 2.51. The van der Waals surface area contributed by atoms with E-state index < -0.39 is 5.82 Å². The van der Waals surface area contributed by atoms with Crippen LogP contribution in [0.25, 0.3) is 0 Å². The van der Waals surface area contributed by atoms with E-state index in [0.717, 1.165) is 0 Å². The van der Waals surface area contributed by atoms with E-state index in [1.807, 2.05) is 12.1 Å². The van der Waals surface area contributed by atoms with E-state index in [9.17, 15) is 4.39 Å². The number of rotatable bonds is 7. The molecule has 0 bridgehead atoms. The third-order valence-corrected chi connectivity index (χ3v) is 2.79. The first kappa shape index (κ1) is 15.1. The molecule has 0 atom stereocenters. The second-order valence-electron chi connectivity index (χ2n) is 4.30. The summed E-state index contributed by atoms with van der Waals surface area (Å²) in [7, 11) is 1.57. The van der Waals surface area contributed by atoms with Crippen LogP contribution in [0.2, 0.25) is 0 Å². The first-order valence-electron chi connectivity index (χ1n) is 6.52. The number of para-hydroxylation sites is 2. The van der Waals surface area contributed by atoms with Crippen molar-refractivity contribution in [3.63, 3.8) is 0 Å². The number of methoxy groups -OCH3 is 1. The zero-order valence-electron chi connectivity index (χ0n) is 11.7. The Morgan fingerprint density at radius 1 is 1.00 bits per heavy atom. The number of hydrogen-bond acceptors (Lipinski definition) is 4. The fourth-order valence-electron chi connectivity index (χ4n) is 1.84. The topological polar surface area (TPSA) is 47.9 Å². The summed E-state index contributed by atoms with van der Waals surface area (Å²) in [5.74, 6) is 1.19. The molecule has 0 radical (unpaired) electrons. The summed E-state index contributed by atoms with van der Waals surface area (Å²) >= 11 is 0. The molecule has 0 aliphatic rings. The molecule has 2 rings (SSSR count). The van der Waals surface area contributed by atoms with Gasteiger partial charge >= 0.3 is 0 Å². The maximum absolute atomic E-state index is 13.2. The minimum atomic E-state index is -0.442. The molecule has 2 aromatic carbocycles. The molecule has 5 heteroatoms. The first-order chi connectivity index (χ1) is 10.2. The number of halogens is 1. The van der Waals surface area contributed by atoms with E-state index in [4.69, 9.17) is 19.3 Å². The molecule has 4 nitrogen and oxygen atoms in total.